The van der Waals surface area contributed by atoms with Crippen LogP contribution in [0, 0.1) is 0 Å². The highest BCUT2D eigenvalue weighted by atomic mass is 32.2. The number of aromatic nitrogens is 5. The Labute approximate surface area is 174 Å². The van der Waals surface area contributed by atoms with Crippen LogP contribution >= 0.6 is 34.4 Å². The fourth-order valence-electron chi connectivity index (χ4n) is 2.81. The zero-order valence-corrected chi connectivity index (χ0v) is 17.7. The van der Waals surface area contributed by atoms with Crippen LogP contribution in [0.1, 0.15) is 12.6 Å². The lowest BCUT2D eigenvalue weighted by Gasteiger charge is -2.34. The Bertz CT molecular complexity index is 874. The maximum absolute atomic E-state index is 12.3. The molecule has 9 nitrogen and oxygen atoms in total. The molecule has 12 heteroatoms. The van der Waals surface area contributed by atoms with Crippen molar-refractivity contribution in [3.63, 3.8) is 0 Å². The molecule has 3 aromatic rings. The Morgan fingerprint density at radius 1 is 1.32 bits per heavy atom. The van der Waals surface area contributed by atoms with Crippen molar-refractivity contribution in [2.24, 2.45) is 0 Å². The first-order chi connectivity index (χ1) is 13.7. The lowest BCUT2D eigenvalue weighted by Crippen LogP contribution is -2.46. The number of thiazole rings is 2. The third-order valence-electron chi connectivity index (χ3n) is 4.28. The number of nitrogens with zero attached hydrogens (tertiary/aromatic N) is 6. The molecule has 3 aromatic heterocycles. The Kier molecular flexibility index (Phi) is 6.20. The number of piperazine rings is 1. The summed E-state index contributed by atoms with van der Waals surface area (Å²) in [4.78, 5) is 30.0. The number of anilines is 2. The predicted octanol–water partition coefficient (Wildman–Crippen LogP) is 2.16. The Morgan fingerprint density at radius 3 is 2.89 bits per heavy atom. The van der Waals surface area contributed by atoms with Crippen LogP contribution in [0.3, 0.4) is 0 Å². The van der Waals surface area contributed by atoms with Crippen LogP contribution < -0.4 is 10.2 Å². The number of aromatic amines is 1. The Balaban J connectivity index is 1.25. The summed E-state index contributed by atoms with van der Waals surface area (Å²) < 4.78 is 0. The van der Waals surface area contributed by atoms with Gasteiger partial charge in [0.25, 0.3) is 0 Å². The zero-order valence-electron chi connectivity index (χ0n) is 15.2. The van der Waals surface area contributed by atoms with Crippen LogP contribution in [-0.2, 0) is 11.3 Å². The van der Waals surface area contributed by atoms with Crippen molar-refractivity contribution >= 4 is 50.6 Å². The van der Waals surface area contributed by atoms with Gasteiger partial charge < -0.3 is 10.2 Å². The van der Waals surface area contributed by atoms with Crippen molar-refractivity contribution in [1.29, 1.82) is 0 Å². The number of carbonyl (C=O) groups excluding carboxylic acids is 1. The molecule has 0 radical (unpaired) electrons. The SMILES string of the molecule is CC(Sc1ncn[nH]1)C(=O)Nc1nc(CN2CCN(c3nccs3)CC2)cs1. The van der Waals surface area contributed by atoms with Gasteiger partial charge in [0.15, 0.2) is 15.4 Å². The molecule has 1 atom stereocenters. The smallest absolute Gasteiger partial charge is 0.239 e. The van der Waals surface area contributed by atoms with Gasteiger partial charge in [-0.05, 0) is 6.92 Å². The minimum absolute atomic E-state index is 0.0978. The number of nitrogens with one attached hydrogen (secondary N) is 2. The molecule has 1 saturated heterocycles. The Hall–Kier alpha value is -2.02. The van der Waals surface area contributed by atoms with Gasteiger partial charge in [-0.1, -0.05) is 11.8 Å². The molecule has 4 rings (SSSR count). The van der Waals surface area contributed by atoms with Crippen molar-refractivity contribution in [3.05, 3.63) is 29.0 Å². The molecule has 2 N–H and O–H groups in total. The number of H-pyrrole nitrogens is 1. The van der Waals surface area contributed by atoms with Crippen LogP contribution in [0.25, 0.3) is 0 Å². The van der Waals surface area contributed by atoms with E-state index in [1.165, 1.54) is 29.4 Å². The van der Waals surface area contributed by atoms with Gasteiger partial charge in [0, 0.05) is 49.7 Å². The average Bonchev–Trinajstić information content (AvgIpc) is 3.45. The second kappa shape index (κ2) is 8.99. The van der Waals surface area contributed by atoms with Crippen molar-refractivity contribution < 1.29 is 4.79 Å². The van der Waals surface area contributed by atoms with Crippen molar-refractivity contribution in [2.75, 3.05) is 36.4 Å². The summed E-state index contributed by atoms with van der Waals surface area (Å²) in [5, 5.41) is 15.5. The van der Waals surface area contributed by atoms with E-state index in [1.807, 2.05) is 23.9 Å². The molecule has 1 unspecified atom stereocenters. The summed E-state index contributed by atoms with van der Waals surface area (Å²) in [7, 11) is 0. The molecular formula is C16H20N8OS3. The van der Waals surface area contributed by atoms with Crippen LogP contribution in [0.15, 0.2) is 28.4 Å². The summed E-state index contributed by atoms with van der Waals surface area (Å²) in [6.45, 7) is 6.52. The van der Waals surface area contributed by atoms with Gasteiger partial charge in [0.2, 0.25) is 5.91 Å². The fourth-order valence-corrected chi connectivity index (χ4v) is 4.93. The zero-order chi connectivity index (χ0) is 19.3. The second-order valence-corrected chi connectivity index (χ2v) is 9.32. The van der Waals surface area contributed by atoms with Gasteiger partial charge in [0.05, 0.1) is 10.9 Å². The third kappa shape index (κ3) is 4.87. The van der Waals surface area contributed by atoms with Gasteiger partial charge in [-0.3, -0.25) is 14.8 Å². The minimum atomic E-state index is -0.292. The molecule has 0 aliphatic carbocycles. The number of amides is 1. The van der Waals surface area contributed by atoms with E-state index in [-0.39, 0.29) is 11.2 Å². The topological polar surface area (TPSA) is 103 Å². The number of thioether (sulfide) groups is 1. The van der Waals surface area contributed by atoms with E-state index in [0.717, 1.165) is 43.5 Å². The Morgan fingerprint density at radius 2 is 2.18 bits per heavy atom. The first-order valence-electron chi connectivity index (χ1n) is 8.81. The van der Waals surface area contributed by atoms with E-state index in [1.54, 1.807) is 11.3 Å². The molecule has 0 aromatic carbocycles. The second-order valence-electron chi connectivity index (χ2n) is 6.26. The number of carbonyl (C=O) groups is 1. The van der Waals surface area contributed by atoms with Crippen LogP contribution in [0.5, 0.6) is 0 Å². The summed E-state index contributed by atoms with van der Waals surface area (Å²) in [6.07, 6.45) is 3.28. The van der Waals surface area contributed by atoms with E-state index < -0.39 is 0 Å². The first kappa shape index (κ1) is 19.3. The molecule has 148 valence electrons. The normalized spacial score (nSPS) is 16.2. The van der Waals surface area contributed by atoms with Crippen LogP contribution in [0.2, 0.25) is 0 Å². The van der Waals surface area contributed by atoms with E-state index in [4.69, 9.17) is 0 Å². The molecule has 0 saturated carbocycles. The van der Waals surface area contributed by atoms with E-state index in [2.05, 4.69) is 40.3 Å². The van der Waals surface area contributed by atoms with Gasteiger partial charge in [-0.25, -0.2) is 15.0 Å². The fraction of sp³-hybridized carbons (Fsp3) is 0.438. The van der Waals surface area contributed by atoms with Crippen LogP contribution in [-0.4, -0.2) is 67.4 Å². The van der Waals surface area contributed by atoms with Crippen LogP contribution in [0.4, 0.5) is 10.3 Å². The number of rotatable bonds is 7. The number of hydrogen-bond donors (Lipinski definition) is 2. The molecule has 1 amide bonds. The van der Waals surface area contributed by atoms with Gasteiger partial charge in [-0.2, -0.15) is 5.10 Å². The van der Waals surface area contributed by atoms with Crippen molar-refractivity contribution in [2.45, 2.75) is 23.9 Å². The lowest BCUT2D eigenvalue weighted by atomic mass is 10.3. The minimum Gasteiger partial charge on any atom is -0.346 e. The summed E-state index contributed by atoms with van der Waals surface area (Å²) in [5.41, 5.74) is 0.985. The summed E-state index contributed by atoms with van der Waals surface area (Å²) >= 11 is 4.47. The molecule has 4 heterocycles. The number of hydrogen-bond acceptors (Lipinski definition) is 10. The van der Waals surface area contributed by atoms with Gasteiger partial charge in [-0.15, -0.1) is 22.7 Å². The quantitative estimate of drug-likeness (QED) is 0.543. The summed E-state index contributed by atoms with van der Waals surface area (Å²) in [5.74, 6) is -0.0978. The largest absolute Gasteiger partial charge is 0.346 e. The maximum Gasteiger partial charge on any atom is 0.239 e. The summed E-state index contributed by atoms with van der Waals surface area (Å²) in [6, 6.07) is 0. The van der Waals surface area contributed by atoms with Gasteiger partial charge >= 0.3 is 0 Å². The van der Waals surface area contributed by atoms with Gasteiger partial charge in [0.1, 0.15) is 6.33 Å². The molecular weight excluding hydrogens is 416 g/mol. The monoisotopic (exact) mass is 436 g/mol. The van der Waals surface area contributed by atoms with Crippen molar-refractivity contribution in [3.8, 4) is 0 Å². The highest BCUT2D eigenvalue weighted by Crippen LogP contribution is 2.23. The maximum atomic E-state index is 12.3. The predicted molar refractivity (Wildman–Crippen MR) is 112 cm³/mol. The molecule has 28 heavy (non-hydrogen) atoms. The highest BCUT2D eigenvalue weighted by molar-refractivity contribution is 8.00. The molecule has 1 aliphatic heterocycles. The molecule has 0 spiro atoms. The van der Waals surface area contributed by atoms with E-state index in [0.29, 0.717) is 10.3 Å². The molecule has 1 aliphatic rings. The third-order valence-corrected chi connectivity index (χ3v) is 6.91. The van der Waals surface area contributed by atoms with E-state index >= 15 is 0 Å². The highest BCUT2D eigenvalue weighted by Gasteiger charge is 2.20. The standard InChI is InChI=1S/C16H20N8OS3/c1-11(28-14-18-10-19-22-14)13(25)21-15-20-12(9-27-15)8-23-3-5-24(6-4-23)16-17-2-7-26-16/h2,7,9-11H,3-6,8H2,1H3,(H,18,19,22)(H,20,21,25). The molecule has 1 fully saturated rings. The van der Waals surface area contributed by atoms with E-state index in [9.17, 15) is 4.79 Å². The molecule has 0 bridgehead atoms. The lowest BCUT2D eigenvalue weighted by molar-refractivity contribution is -0.115. The average molecular weight is 437 g/mol. The van der Waals surface area contributed by atoms with Crippen molar-refractivity contribution in [1.82, 2.24) is 30.0 Å². The first-order valence-corrected chi connectivity index (χ1v) is 11.5.